The second kappa shape index (κ2) is 7.80. The lowest BCUT2D eigenvalue weighted by atomic mass is 9.73. The van der Waals surface area contributed by atoms with Crippen molar-refractivity contribution in [1.29, 1.82) is 0 Å². The van der Waals surface area contributed by atoms with Gasteiger partial charge >= 0.3 is 12.0 Å². The highest BCUT2D eigenvalue weighted by atomic mass is 32.1. The summed E-state index contributed by atoms with van der Waals surface area (Å²) in [5.41, 5.74) is -0.904. The van der Waals surface area contributed by atoms with Gasteiger partial charge in [0.2, 0.25) is 5.78 Å². The standard InChI is InChI=1S/C19H24N2O5S/c1-3-13-7-8-15(27-13)14(22)11-26-16(23)10-21-17(24)19(20-18(21)25)9-5-4-6-12(19)2/h7-8,12H,3-6,9-11H2,1-2H3,(H,20,25)/t12-,19-/m0/s1. The number of hydrogen-bond acceptors (Lipinski definition) is 6. The molecule has 0 unspecified atom stereocenters. The number of ketones is 1. The van der Waals surface area contributed by atoms with Gasteiger partial charge in [-0.15, -0.1) is 11.3 Å². The maximum Gasteiger partial charge on any atom is 0.326 e. The first-order valence-electron chi connectivity index (χ1n) is 9.29. The number of ether oxygens (including phenoxy) is 1. The highest BCUT2D eigenvalue weighted by molar-refractivity contribution is 7.14. The summed E-state index contributed by atoms with van der Waals surface area (Å²) >= 11 is 1.37. The van der Waals surface area contributed by atoms with E-state index < -0.39 is 30.7 Å². The fourth-order valence-electron chi connectivity index (χ4n) is 3.75. The number of Topliss-reactive ketones (excluding diaryl/α,β-unsaturated/α-hetero) is 1. The Morgan fingerprint density at radius 3 is 2.78 bits per heavy atom. The zero-order chi connectivity index (χ0) is 19.6. The van der Waals surface area contributed by atoms with Gasteiger partial charge in [0.15, 0.2) is 6.61 Å². The van der Waals surface area contributed by atoms with Crippen LogP contribution in [0.5, 0.6) is 0 Å². The van der Waals surface area contributed by atoms with Crippen molar-refractivity contribution in [3.8, 4) is 0 Å². The number of nitrogens with zero attached hydrogens (tertiary/aromatic N) is 1. The molecule has 2 fully saturated rings. The van der Waals surface area contributed by atoms with Crippen LogP contribution in [0, 0.1) is 5.92 Å². The summed E-state index contributed by atoms with van der Waals surface area (Å²) in [4.78, 5) is 51.8. The molecule has 1 aromatic heterocycles. The van der Waals surface area contributed by atoms with Gasteiger partial charge in [-0.1, -0.05) is 26.7 Å². The Labute approximate surface area is 162 Å². The van der Waals surface area contributed by atoms with Gasteiger partial charge in [0.05, 0.1) is 4.88 Å². The van der Waals surface area contributed by atoms with Gasteiger partial charge in [-0.3, -0.25) is 19.3 Å². The number of carbonyl (C=O) groups excluding carboxylic acids is 4. The molecule has 1 aromatic rings. The van der Waals surface area contributed by atoms with Gasteiger partial charge in [0.25, 0.3) is 5.91 Å². The van der Waals surface area contributed by atoms with E-state index in [9.17, 15) is 19.2 Å². The summed E-state index contributed by atoms with van der Waals surface area (Å²) in [5.74, 6) is -1.40. The van der Waals surface area contributed by atoms with E-state index in [1.54, 1.807) is 6.07 Å². The first-order chi connectivity index (χ1) is 12.9. The Morgan fingerprint density at radius 2 is 2.11 bits per heavy atom. The van der Waals surface area contributed by atoms with E-state index in [4.69, 9.17) is 4.74 Å². The molecule has 3 amide bonds. The average Bonchev–Trinajstić information content (AvgIpc) is 3.22. The van der Waals surface area contributed by atoms with Crippen LogP contribution in [0.25, 0.3) is 0 Å². The summed E-state index contributed by atoms with van der Waals surface area (Å²) < 4.78 is 5.01. The smallest absolute Gasteiger partial charge is 0.326 e. The summed E-state index contributed by atoms with van der Waals surface area (Å²) in [5, 5.41) is 2.79. The van der Waals surface area contributed by atoms with Crippen LogP contribution in [0.4, 0.5) is 4.79 Å². The monoisotopic (exact) mass is 392 g/mol. The summed E-state index contributed by atoms with van der Waals surface area (Å²) in [6.07, 6.45) is 4.17. The van der Waals surface area contributed by atoms with Crippen molar-refractivity contribution in [3.05, 3.63) is 21.9 Å². The Morgan fingerprint density at radius 1 is 1.33 bits per heavy atom. The largest absolute Gasteiger partial charge is 0.456 e. The van der Waals surface area contributed by atoms with Crippen molar-refractivity contribution in [3.63, 3.8) is 0 Å². The first kappa shape index (κ1) is 19.5. The zero-order valence-electron chi connectivity index (χ0n) is 15.6. The lowest BCUT2D eigenvalue weighted by Gasteiger charge is -2.36. The van der Waals surface area contributed by atoms with Gasteiger partial charge in [-0.05, 0) is 37.3 Å². The Balaban J connectivity index is 1.56. The maximum atomic E-state index is 12.8. The Kier molecular flexibility index (Phi) is 5.64. The average molecular weight is 392 g/mol. The van der Waals surface area contributed by atoms with Crippen LogP contribution in [0.15, 0.2) is 12.1 Å². The minimum Gasteiger partial charge on any atom is -0.456 e. The number of imide groups is 1. The van der Waals surface area contributed by atoms with Gasteiger partial charge < -0.3 is 10.1 Å². The molecule has 0 bridgehead atoms. The fourth-order valence-corrected chi connectivity index (χ4v) is 4.62. The minimum absolute atomic E-state index is 0.0249. The molecule has 1 saturated carbocycles. The van der Waals surface area contributed by atoms with E-state index in [1.165, 1.54) is 11.3 Å². The van der Waals surface area contributed by atoms with Crippen LogP contribution in [0.3, 0.4) is 0 Å². The number of hydrogen-bond donors (Lipinski definition) is 1. The number of urea groups is 1. The SMILES string of the molecule is CCc1ccc(C(=O)COC(=O)CN2C(=O)N[C@]3(CCCC[C@@H]3C)C2=O)s1. The number of thiophene rings is 1. The zero-order valence-corrected chi connectivity index (χ0v) is 16.4. The van der Waals surface area contributed by atoms with Crippen LogP contribution in [-0.2, 0) is 20.7 Å². The number of nitrogens with one attached hydrogen (secondary N) is 1. The van der Waals surface area contributed by atoms with Gasteiger partial charge in [0.1, 0.15) is 12.1 Å². The topological polar surface area (TPSA) is 92.8 Å². The third-order valence-electron chi connectivity index (χ3n) is 5.44. The molecule has 1 aliphatic carbocycles. The van der Waals surface area contributed by atoms with E-state index in [-0.39, 0.29) is 17.6 Å². The summed E-state index contributed by atoms with van der Waals surface area (Å²) in [7, 11) is 0. The van der Waals surface area contributed by atoms with Crippen LogP contribution in [0.1, 0.15) is 54.1 Å². The molecular weight excluding hydrogens is 368 g/mol. The third kappa shape index (κ3) is 3.76. The molecule has 1 N–H and O–H groups in total. The number of rotatable bonds is 6. The summed E-state index contributed by atoms with van der Waals surface area (Å²) in [6, 6.07) is 3.02. The first-order valence-corrected chi connectivity index (χ1v) is 10.1. The van der Waals surface area contributed by atoms with E-state index >= 15 is 0 Å². The normalized spacial score (nSPS) is 25.0. The minimum atomic E-state index is -0.904. The van der Waals surface area contributed by atoms with E-state index in [2.05, 4.69) is 5.32 Å². The van der Waals surface area contributed by atoms with Gasteiger partial charge in [0, 0.05) is 4.88 Å². The lowest BCUT2D eigenvalue weighted by Crippen LogP contribution is -2.54. The predicted molar refractivity (Wildman–Crippen MR) is 99.6 cm³/mol. The summed E-state index contributed by atoms with van der Waals surface area (Å²) in [6.45, 7) is 3.08. The molecule has 146 valence electrons. The number of carbonyl (C=O) groups is 4. The van der Waals surface area contributed by atoms with Crippen LogP contribution >= 0.6 is 11.3 Å². The van der Waals surface area contributed by atoms with Crippen LogP contribution in [-0.4, -0.2) is 47.3 Å². The number of aryl methyl sites for hydroxylation is 1. The van der Waals surface area contributed by atoms with E-state index in [0.29, 0.717) is 11.3 Å². The molecule has 0 radical (unpaired) electrons. The highest BCUT2D eigenvalue weighted by Crippen LogP contribution is 2.38. The predicted octanol–water partition coefficient (Wildman–Crippen LogP) is 2.54. The maximum absolute atomic E-state index is 12.8. The van der Waals surface area contributed by atoms with E-state index in [1.807, 2.05) is 19.9 Å². The van der Waals surface area contributed by atoms with Crippen LogP contribution < -0.4 is 5.32 Å². The molecule has 8 heteroatoms. The Hall–Kier alpha value is -2.22. The molecule has 2 heterocycles. The van der Waals surface area contributed by atoms with Crippen molar-refractivity contribution in [2.24, 2.45) is 5.92 Å². The Bertz CT molecular complexity index is 774. The van der Waals surface area contributed by atoms with Crippen molar-refractivity contribution >= 4 is 35.0 Å². The molecule has 3 rings (SSSR count). The molecule has 1 spiro atoms. The van der Waals surface area contributed by atoms with Crippen molar-refractivity contribution < 1.29 is 23.9 Å². The second-order valence-electron chi connectivity index (χ2n) is 7.14. The lowest BCUT2D eigenvalue weighted by molar-refractivity contribution is -0.147. The van der Waals surface area contributed by atoms with Crippen molar-refractivity contribution in [2.75, 3.05) is 13.2 Å². The fraction of sp³-hybridized carbons (Fsp3) is 0.579. The molecule has 2 atom stereocenters. The van der Waals surface area contributed by atoms with Crippen molar-refractivity contribution in [1.82, 2.24) is 10.2 Å². The van der Waals surface area contributed by atoms with Gasteiger partial charge in [-0.2, -0.15) is 0 Å². The highest BCUT2D eigenvalue weighted by Gasteiger charge is 2.55. The molecule has 27 heavy (non-hydrogen) atoms. The van der Waals surface area contributed by atoms with Gasteiger partial charge in [-0.25, -0.2) is 4.79 Å². The quantitative estimate of drug-likeness (QED) is 0.456. The molecule has 1 aliphatic heterocycles. The third-order valence-corrected chi connectivity index (χ3v) is 6.71. The molecule has 2 aliphatic rings. The molecule has 7 nitrogen and oxygen atoms in total. The molecular formula is C19H24N2O5S. The van der Waals surface area contributed by atoms with Crippen molar-refractivity contribution in [2.45, 2.75) is 51.5 Å². The molecule has 1 saturated heterocycles. The second-order valence-corrected chi connectivity index (χ2v) is 8.31. The number of amides is 3. The van der Waals surface area contributed by atoms with E-state index in [0.717, 1.165) is 35.5 Å². The molecule has 0 aromatic carbocycles. The van der Waals surface area contributed by atoms with Crippen LogP contribution in [0.2, 0.25) is 0 Å². The number of esters is 1.